The minimum absolute atomic E-state index is 0.305. The zero-order chi connectivity index (χ0) is 14.4. The minimum Gasteiger partial charge on any atom is -0.493 e. The molecule has 1 aliphatic rings. The summed E-state index contributed by atoms with van der Waals surface area (Å²) in [7, 11) is 3.75. The molecular formula is C15H27N3OS. The van der Waals surface area contributed by atoms with Crippen molar-refractivity contribution in [2.24, 2.45) is 0 Å². The molecule has 0 spiro atoms. The van der Waals surface area contributed by atoms with Gasteiger partial charge in [-0.15, -0.1) is 0 Å². The number of aryl methyl sites for hydroxylation is 1. The van der Waals surface area contributed by atoms with E-state index in [9.17, 15) is 0 Å². The van der Waals surface area contributed by atoms with Gasteiger partial charge < -0.3 is 10.1 Å². The first-order chi connectivity index (χ1) is 9.80. The lowest BCUT2D eigenvalue weighted by atomic mass is 10.0. The normalized spacial score (nSPS) is 18.1. The summed E-state index contributed by atoms with van der Waals surface area (Å²) in [5.41, 5.74) is 1.18. The molecule has 114 valence electrons. The Morgan fingerprint density at radius 3 is 2.80 bits per heavy atom. The van der Waals surface area contributed by atoms with E-state index in [-0.39, 0.29) is 0 Å². The number of methoxy groups -OCH3 is 1. The third-order valence-corrected chi connectivity index (χ3v) is 5.56. The van der Waals surface area contributed by atoms with Gasteiger partial charge >= 0.3 is 0 Å². The topological polar surface area (TPSA) is 39.1 Å². The van der Waals surface area contributed by atoms with Crippen LogP contribution in [0.25, 0.3) is 0 Å². The molecule has 0 radical (unpaired) electrons. The lowest BCUT2D eigenvalue weighted by Gasteiger charge is -2.24. The molecule has 1 heterocycles. The Bertz CT molecular complexity index is 380. The van der Waals surface area contributed by atoms with Gasteiger partial charge in [0.15, 0.2) is 5.75 Å². The number of nitrogens with zero attached hydrogens (tertiary/aromatic N) is 2. The molecule has 1 N–H and O–H groups in total. The van der Waals surface area contributed by atoms with E-state index in [1.165, 1.54) is 37.8 Å². The van der Waals surface area contributed by atoms with Crippen molar-refractivity contribution in [2.45, 2.75) is 56.9 Å². The van der Waals surface area contributed by atoms with Crippen LogP contribution in [-0.4, -0.2) is 34.9 Å². The number of thioether (sulfide) groups is 1. The van der Waals surface area contributed by atoms with E-state index < -0.39 is 0 Å². The molecule has 1 aromatic rings. The van der Waals surface area contributed by atoms with Crippen LogP contribution in [0.5, 0.6) is 5.75 Å². The third kappa shape index (κ3) is 3.70. The van der Waals surface area contributed by atoms with Crippen LogP contribution in [0, 0.1) is 0 Å². The third-order valence-electron chi connectivity index (χ3n) is 4.09. The molecule has 0 amide bonds. The fourth-order valence-electron chi connectivity index (χ4n) is 2.90. The molecule has 5 heteroatoms. The van der Waals surface area contributed by atoms with Gasteiger partial charge in [0.2, 0.25) is 0 Å². The molecule has 1 saturated carbocycles. The highest BCUT2D eigenvalue weighted by molar-refractivity contribution is 7.99. The van der Waals surface area contributed by atoms with Crippen molar-refractivity contribution >= 4 is 11.8 Å². The summed E-state index contributed by atoms with van der Waals surface area (Å²) >= 11 is 2.11. The van der Waals surface area contributed by atoms with Crippen molar-refractivity contribution in [3.63, 3.8) is 0 Å². The van der Waals surface area contributed by atoms with Gasteiger partial charge in [-0.3, -0.25) is 4.68 Å². The molecule has 0 aromatic carbocycles. The van der Waals surface area contributed by atoms with Gasteiger partial charge in [-0.05, 0) is 26.8 Å². The Hall–Kier alpha value is -0.680. The van der Waals surface area contributed by atoms with Crippen molar-refractivity contribution in [1.29, 1.82) is 0 Å². The lowest BCUT2D eigenvalue weighted by Crippen LogP contribution is -2.24. The molecule has 0 saturated heterocycles. The number of rotatable bonds is 7. The second kappa shape index (κ2) is 7.93. The standard InChI is InChI=1S/C15H27N3OS/c1-4-18-15(14(19-3)10-17-18)13(16-2)11-20-12-8-6-5-7-9-12/h10,12-13,16H,4-9,11H2,1-3H3. The molecule has 20 heavy (non-hydrogen) atoms. The molecular weight excluding hydrogens is 270 g/mol. The average molecular weight is 297 g/mol. The summed E-state index contributed by atoms with van der Waals surface area (Å²) in [6, 6.07) is 0.305. The van der Waals surface area contributed by atoms with Crippen LogP contribution < -0.4 is 10.1 Å². The highest BCUT2D eigenvalue weighted by Gasteiger charge is 2.22. The fourth-order valence-corrected chi connectivity index (χ4v) is 4.36. The number of aromatic nitrogens is 2. The van der Waals surface area contributed by atoms with Gasteiger partial charge in [0.05, 0.1) is 25.0 Å². The zero-order valence-electron chi connectivity index (χ0n) is 12.9. The Morgan fingerprint density at radius 2 is 2.20 bits per heavy atom. The quantitative estimate of drug-likeness (QED) is 0.838. The molecule has 4 nitrogen and oxygen atoms in total. The predicted octanol–water partition coefficient (Wildman–Crippen LogP) is 3.24. The van der Waals surface area contributed by atoms with Crippen molar-refractivity contribution in [3.05, 3.63) is 11.9 Å². The largest absolute Gasteiger partial charge is 0.493 e. The molecule has 0 aliphatic heterocycles. The van der Waals surface area contributed by atoms with Crippen LogP contribution in [0.2, 0.25) is 0 Å². The van der Waals surface area contributed by atoms with Crippen LogP contribution in [-0.2, 0) is 6.54 Å². The Labute approximate surface area is 126 Å². The molecule has 0 bridgehead atoms. The van der Waals surface area contributed by atoms with E-state index in [2.05, 4.69) is 29.1 Å². The summed E-state index contributed by atoms with van der Waals surface area (Å²) in [5.74, 6) is 1.99. The van der Waals surface area contributed by atoms with Crippen molar-refractivity contribution < 1.29 is 4.74 Å². The molecule has 1 atom stereocenters. The molecule has 1 aromatic heterocycles. The van der Waals surface area contributed by atoms with Gasteiger partial charge in [0, 0.05) is 17.5 Å². The first-order valence-corrected chi connectivity index (χ1v) is 8.73. The van der Waals surface area contributed by atoms with E-state index in [4.69, 9.17) is 4.74 Å². The summed E-state index contributed by atoms with van der Waals surface area (Å²) in [6.07, 6.45) is 8.81. The summed E-state index contributed by atoms with van der Waals surface area (Å²) < 4.78 is 7.51. The van der Waals surface area contributed by atoms with Gasteiger partial charge in [0.25, 0.3) is 0 Å². The number of hydrogen-bond acceptors (Lipinski definition) is 4. The van der Waals surface area contributed by atoms with Gasteiger partial charge in [-0.2, -0.15) is 16.9 Å². The summed E-state index contributed by atoms with van der Waals surface area (Å²) in [5, 5.41) is 8.68. The zero-order valence-corrected chi connectivity index (χ0v) is 13.7. The lowest BCUT2D eigenvalue weighted by molar-refractivity contribution is 0.399. The van der Waals surface area contributed by atoms with E-state index >= 15 is 0 Å². The Morgan fingerprint density at radius 1 is 1.45 bits per heavy atom. The first-order valence-electron chi connectivity index (χ1n) is 7.68. The van der Waals surface area contributed by atoms with Crippen LogP contribution in [0.15, 0.2) is 6.20 Å². The van der Waals surface area contributed by atoms with Crippen molar-refractivity contribution in [1.82, 2.24) is 15.1 Å². The van der Waals surface area contributed by atoms with E-state index in [1.54, 1.807) is 7.11 Å². The maximum Gasteiger partial charge on any atom is 0.161 e. The summed E-state index contributed by atoms with van der Waals surface area (Å²) in [4.78, 5) is 0. The predicted molar refractivity (Wildman–Crippen MR) is 85.6 cm³/mol. The second-order valence-corrected chi connectivity index (χ2v) is 6.68. The maximum absolute atomic E-state index is 5.47. The van der Waals surface area contributed by atoms with Crippen molar-refractivity contribution in [2.75, 3.05) is 19.9 Å². The van der Waals surface area contributed by atoms with Crippen LogP contribution in [0.1, 0.15) is 50.8 Å². The molecule has 2 rings (SSSR count). The fraction of sp³-hybridized carbons (Fsp3) is 0.800. The molecule has 1 fully saturated rings. The number of ether oxygens (including phenoxy) is 1. The molecule has 1 unspecified atom stereocenters. The highest BCUT2D eigenvalue weighted by Crippen LogP contribution is 2.33. The van der Waals surface area contributed by atoms with Crippen LogP contribution in [0.4, 0.5) is 0 Å². The SMILES string of the molecule is CCn1ncc(OC)c1C(CSC1CCCCC1)NC. The maximum atomic E-state index is 5.47. The van der Waals surface area contributed by atoms with E-state index in [0.717, 1.165) is 23.3 Å². The smallest absolute Gasteiger partial charge is 0.161 e. The van der Waals surface area contributed by atoms with Crippen LogP contribution in [0.3, 0.4) is 0 Å². The van der Waals surface area contributed by atoms with Gasteiger partial charge in [-0.25, -0.2) is 0 Å². The number of nitrogens with one attached hydrogen (secondary N) is 1. The monoisotopic (exact) mass is 297 g/mol. The van der Waals surface area contributed by atoms with Crippen LogP contribution >= 0.6 is 11.8 Å². The van der Waals surface area contributed by atoms with Gasteiger partial charge in [0.1, 0.15) is 0 Å². The molecule has 1 aliphatic carbocycles. The Kier molecular flexibility index (Phi) is 6.23. The van der Waals surface area contributed by atoms with Crippen molar-refractivity contribution in [3.8, 4) is 5.75 Å². The second-order valence-electron chi connectivity index (χ2n) is 5.35. The summed E-state index contributed by atoms with van der Waals surface area (Å²) in [6.45, 7) is 3.00. The van der Waals surface area contributed by atoms with Gasteiger partial charge in [-0.1, -0.05) is 19.3 Å². The highest BCUT2D eigenvalue weighted by atomic mass is 32.2. The minimum atomic E-state index is 0.305. The van der Waals surface area contributed by atoms with E-state index in [1.807, 2.05) is 17.9 Å². The first kappa shape index (κ1) is 15.7. The average Bonchev–Trinajstić information content (AvgIpc) is 2.92. The number of hydrogen-bond donors (Lipinski definition) is 1. The van der Waals surface area contributed by atoms with E-state index in [0.29, 0.717) is 6.04 Å². The Balaban J connectivity index is 2.01.